The van der Waals surface area contributed by atoms with Gasteiger partial charge in [0.15, 0.2) is 0 Å². The summed E-state index contributed by atoms with van der Waals surface area (Å²) in [5, 5.41) is 3.91. The molecule has 3 heteroatoms. The largest absolute Gasteiger partial charge is 0.313 e. The first-order chi connectivity index (χ1) is 10.3. The predicted octanol–water partition coefficient (Wildman–Crippen LogP) is 4.13. The first-order valence-corrected chi connectivity index (χ1v) is 9.66. The second-order valence-corrected chi connectivity index (χ2v) is 7.85. The van der Waals surface area contributed by atoms with Crippen molar-refractivity contribution in [1.29, 1.82) is 0 Å². The van der Waals surface area contributed by atoms with Crippen molar-refractivity contribution >= 4 is 10.8 Å². The van der Waals surface area contributed by atoms with E-state index in [9.17, 15) is 4.21 Å². The van der Waals surface area contributed by atoms with E-state index in [0.29, 0.717) is 6.04 Å². The van der Waals surface area contributed by atoms with Crippen molar-refractivity contribution in [3.8, 4) is 0 Å². The van der Waals surface area contributed by atoms with Gasteiger partial charge < -0.3 is 5.32 Å². The fourth-order valence-corrected chi connectivity index (χ4v) is 5.16. The maximum absolute atomic E-state index is 13.0. The van der Waals surface area contributed by atoms with Gasteiger partial charge in [-0.05, 0) is 50.3 Å². The standard InChI is InChI=1S/C18H29NOS/c1-3-8-15-11-12-17(19-13-4-2)18(14-15)21(20)16-9-6-5-7-10-16/h5-7,9-10,15,17-19H,3-4,8,11-14H2,1-2H3. The number of rotatable bonds is 7. The molecule has 1 aromatic rings. The lowest BCUT2D eigenvalue weighted by atomic mass is 9.83. The van der Waals surface area contributed by atoms with E-state index in [-0.39, 0.29) is 5.25 Å². The second-order valence-electron chi connectivity index (χ2n) is 6.18. The minimum atomic E-state index is -0.890. The van der Waals surface area contributed by atoms with Gasteiger partial charge in [-0.25, -0.2) is 0 Å². The molecule has 1 saturated carbocycles. The fraction of sp³-hybridized carbons (Fsp3) is 0.667. The first kappa shape index (κ1) is 16.7. The lowest BCUT2D eigenvalue weighted by molar-refractivity contribution is 0.284. The average molecular weight is 308 g/mol. The van der Waals surface area contributed by atoms with E-state index < -0.39 is 10.8 Å². The summed E-state index contributed by atoms with van der Waals surface area (Å²) in [6.07, 6.45) is 7.23. The Morgan fingerprint density at radius 1 is 1.14 bits per heavy atom. The van der Waals surface area contributed by atoms with Gasteiger partial charge >= 0.3 is 0 Å². The summed E-state index contributed by atoms with van der Waals surface area (Å²) in [5.74, 6) is 0.757. The zero-order chi connectivity index (χ0) is 15.1. The molecule has 0 spiro atoms. The van der Waals surface area contributed by atoms with Crippen LogP contribution in [0.25, 0.3) is 0 Å². The Morgan fingerprint density at radius 3 is 2.57 bits per heavy atom. The van der Waals surface area contributed by atoms with Crippen LogP contribution in [0, 0.1) is 5.92 Å². The zero-order valence-corrected chi connectivity index (χ0v) is 14.2. The Bertz CT molecular complexity index is 434. The SMILES string of the molecule is CCCNC1CCC(CCC)CC1S(=O)c1ccccc1. The van der Waals surface area contributed by atoms with Gasteiger partial charge in [0.05, 0.1) is 16.0 Å². The second kappa shape index (κ2) is 8.70. The average Bonchev–Trinajstić information content (AvgIpc) is 2.54. The molecule has 2 nitrogen and oxygen atoms in total. The molecular formula is C18H29NOS. The molecule has 2 rings (SSSR count). The maximum atomic E-state index is 13.0. The highest BCUT2D eigenvalue weighted by atomic mass is 32.2. The van der Waals surface area contributed by atoms with Gasteiger partial charge in [-0.15, -0.1) is 0 Å². The topological polar surface area (TPSA) is 29.1 Å². The summed E-state index contributed by atoms with van der Waals surface area (Å²) in [7, 11) is -0.890. The zero-order valence-electron chi connectivity index (χ0n) is 13.4. The molecule has 0 amide bonds. The monoisotopic (exact) mass is 307 g/mol. The maximum Gasteiger partial charge on any atom is 0.0576 e. The predicted molar refractivity (Wildman–Crippen MR) is 91.0 cm³/mol. The summed E-state index contributed by atoms with van der Waals surface area (Å²) in [6.45, 7) is 5.48. The highest BCUT2D eigenvalue weighted by molar-refractivity contribution is 7.85. The minimum absolute atomic E-state index is 0.268. The van der Waals surface area contributed by atoms with Gasteiger partial charge in [0.1, 0.15) is 0 Å². The number of nitrogens with one attached hydrogen (secondary N) is 1. The van der Waals surface area contributed by atoms with Crippen molar-refractivity contribution in [2.75, 3.05) is 6.54 Å². The molecule has 1 aromatic carbocycles. The molecule has 0 saturated heterocycles. The van der Waals surface area contributed by atoms with Gasteiger partial charge in [0.2, 0.25) is 0 Å². The molecule has 21 heavy (non-hydrogen) atoms. The molecule has 1 aliphatic carbocycles. The molecule has 1 N–H and O–H groups in total. The van der Waals surface area contributed by atoms with Crippen LogP contribution in [0.2, 0.25) is 0 Å². The van der Waals surface area contributed by atoms with Crippen molar-refractivity contribution in [1.82, 2.24) is 5.32 Å². The Labute approximate surface area is 132 Å². The number of hydrogen-bond acceptors (Lipinski definition) is 2. The van der Waals surface area contributed by atoms with Gasteiger partial charge in [0.25, 0.3) is 0 Å². The summed E-state index contributed by atoms with van der Waals surface area (Å²) >= 11 is 0. The Kier molecular flexibility index (Phi) is 6.91. The third-order valence-corrected chi connectivity index (χ3v) is 6.31. The third-order valence-electron chi connectivity index (χ3n) is 4.50. The van der Waals surface area contributed by atoms with Crippen LogP contribution in [0.3, 0.4) is 0 Å². The van der Waals surface area contributed by atoms with Crippen molar-refractivity contribution in [2.45, 2.75) is 68.6 Å². The molecule has 4 atom stereocenters. The van der Waals surface area contributed by atoms with Crippen LogP contribution in [-0.2, 0) is 10.8 Å². The molecular weight excluding hydrogens is 278 g/mol. The lowest BCUT2D eigenvalue weighted by Gasteiger charge is -2.36. The number of benzene rings is 1. The summed E-state index contributed by atoms with van der Waals surface area (Å²) in [6, 6.07) is 10.4. The third kappa shape index (κ3) is 4.65. The van der Waals surface area contributed by atoms with E-state index in [1.54, 1.807) is 0 Å². The molecule has 1 aliphatic rings. The minimum Gasteiger partial charge on any atom is -0.313 e. The Hall–Kier alpha value is -0.670. The smallest absolute Gasteiger partial charge is 0.0576 e. The van der Waals surface area contributed by atoms with Gasteiger partial charge in [-0.1, -0.05) is 44.9 Å². The van der Waals surface area contributed by atoms with E-state index in [4.69, 9.17) is 0 Å². The van der Waals surface area contributed by atoms with E-state index >= 15 is 0 Å². The van der Waals surface area contributed by atoms with E-state index in [1.807, 2.05) is 30.3 Å². The van der Waals surface area contributed by atoms with E-state index in [1.165, 1.54) is 25.7 Å². The van der Waals surface area contributed by atoms with Crippen molar-refractivity contribution < 1.29 is 4.21 Å². The molecule has 0 bridgehead atoms. The first-order valence-electron chi connectivity index (χ1n) is 8.45. The van der Waals surface area contributed by atoms with Crippen LogP contribution in [0.5, 0.6) is 0 Å². The Balaban J connectivity index is 2.10. The normalized spacial score (nSPS) is 27.4. The quantitative estimate of drug-likeness (QED) is 0.820. The highest BCUT2D eigenvalue weighted by Crippen LogP contribution is 2.32. The van der Waals surface area contributed by atoms with Crippen LogP contribution >= 0.6 is 0 Å². The van der Waals surface area contributed by atoms with Crippen molar-refractivity contribution in [3.05, 3.63) is 30.3 Å². The summed E-state index contributed by atoms with van der Waals surface area (Å²) < 4.78 is 13.0. The fourth-order valence-electron chi connectivity index (χ4n) is 3.41. The number of hydrogen-bond donors (Lipinski definition) is 1. The van der Waals surface area contributed by atoms with Crippen LogP contribution in [-0.4, -0.2) is 22.0 Å². The van der Waals surface area contributed by atoms with Crippen LogP contribution in [0.15, 0.2) is 35.2 Å². The highest BCUT2D eigenvalue weighted by Gasteiger charge is 2.34. The van der Waals surface area contributed by atoms with Crippen LogP contribution in [0.1, 0.15) is 52.4 Å². The van der Waals surface area contributed by atoms with E-state index in [0.717, 1.165) is 30.2 Å². The van der Waals surface area contributed by atoms with E-state index in [2.05, 4.69) is 19.2 Å². The van der Waals surface area contributed by atoms with Gasteiger partial charge in [-0.3, -0.25) is 4.21 Å². The Morgan fingerprint density at radius 2 is 1.90 bits per heavy atom. The molecule has 4 unspecified atom stereocenters. The molecule has 0 radical (unpaired) electrons. The molecule has 0 aromatic heterocycles. The molecule has 0 aliphatic heterocycles. The van der Waals surface area contributed by atoms with Crippen molar-refractivity contribution in [3.63, 3.8) is 0 Å². The molecule has 118 valence electrons. The van der Waals surface area contributed by atoms with Crippen LogP contribution in [0.4, 0.5) is 0 Å². The van der Waals surface area contributed by atoms with Gasteiger partial charge in [0, 0.05) is 10.9 Å². The summed E-state index contributed by atoms with van der Waals surface area (Å²) in [5.41, 5.74) is 0. The van der Waals surface area contributed by atoms with Crippen molar-refractivity contribution in [2.24, 2.45) is 5.92 Å². The molecule has 1 fully saturated rings. The lowest BCUT2D eigenvalue weighted by Crippen LogP contribution is -2.46. The molecule has 0 heterocycles. The summed E-state index contributed by atoms with van der Waals surface area (Å²) in [4.78, 5) is 0.989. The van der Waals surface area contributed by atoms with Gasteiger partial charge in [-0.2, -0.15) is 0 Å². The van der Waals surface area contributed by atoms with Crippen LogP contribution < -0.4 is 5.32 Å².